The number of aromatic nitrogens is 2. The molecule has 1 aromatic rings. The predicted molar refractivity (Wildman–Crippen MR) is 124 cm³/mol. The molecule has 1 aromatic heterocycles. The number of aliphatic hydroxyl groups is 2. The number of allylic oxidation sites excluding steroid dienone is 1. The van der Waals surface area contributed by atoms with Crippen molar-refractivity contribution >= 4 is 5.91 Å². The molecule has 0 saturated heterocycles. The van der Waals surface area contributed by atoms with Crippen molar-refractivity contribution in [3.05, 3.63) is 28.5 Å². The summed E-state index contributed by atoms with van der Waals surface area (Å²) in [5.74, 6) is 6.27. The van der Waals surface area contributed by atoms with Crippen molar-refractivity contribution in [3.8, 4) is 0 Å². The van der Waals surface area contributed by atoms with E-state index in [-0.39, 0.29) is 23.7 Å². The van der Waals surface area contributed by atoms with Crippen LogP contribution in [0.5, 0.6) is 0 Å². The van der Waals surface area contributed by atoms with Gasteiger partial charge in [0.2, 0.25) is 0 Å². The van der Waals surface area contributed by atoms with Gasteiger partial charge in [0, 0.05) is 24.5 Å². The molecule has 1 heterocycles. The fraction of sp³-hybridized carbons (Fsp3) is 0.727. The van der Waals surface area contributed by atoms with E-state index >= 15 is 0 Å². The number of carbonyl (C=O) groups excluding carboxylic acids is 1. The van der Waals surface area contributed by atoms with Gasteiger partial charge in [-0.15, -0.1) is 0 Å². The number of hydrogen-bond acceptors (Lipinski definition) is 8. The normalized spacial score (nSPS) is 14.7. The van der Waals surface area contributed by atoms with Crippen molar-refractivity contribution in [2.45, 2.75) is 73.5 Å². The molecule has 0 fully saturated rings. The molecule has 0 saturated carbocycles. The fourth-order valence-electron chi connectivity index (χ4n) is 2.92. The summed E-state index contributed by atoms with van der Waals surface area (Å²) in [7, 11) is 0. The van der Waals surface area contributed by atoms with Gasteiger partial charge in [0.15, 0.2) is 0 Å². The molecule has 0 bridgehead atoms. The minimum atomic E-state index is -1.01. The topological polar surface area (TPSA) is 149 Å². The highest BCUT2D eigenvalue weighted by molar-refractivity contribution is 5.93. The highest BCUT2D eigenvalue weighted by Crippen LogP contribution is 2.31. The summed E-state index contributed by atoms with van der Waals surface area (Å²) in [5.41, 5.74) is 5.66. The maximum atomic E-state index is 12.4. The van der Waals surface area contributed by atoms with Crippen LogP contribution in [0, 0.1) is 12.3 Å². The summed E-state index contributed by atoms with van der Waals surface area (Å²) >= 11 is 0. The lowest BCUT2D eigenvalue weighted by Gasteiger charge is -2.30. The molecule has 0 aliphatic heterocycles. The third-order valence-corrected chi connectivity index (χ3v) is 5.26. The number of H-pyrrole nitrogens is 1. The fourth-order valence-corrected chi connectivity index (χ4v) is 2.92. The number of hydrogen-bond donors (Lipinski definition) is 6. The van der Waals surface area contributed by atoms with E-state index in [1.54, 1.807) is 11.9 Å². The summed E-state index contributed by atoms with van der Waals surface area (Å²) in [5, 5.41) is 22.7. The SMILES string of the molecule is CCCCN(N)/C(C)=C(/C)CONC(c1nc(C(=O)NCC(O)CO)c(C)[nH]1)C(C)(C)C. The molecule has 0 radical (unpaired) electrons. The Labute approximate surface area is 191 Å². The average molecular weight is 455 g/mol. The van der Waals surface area contributed by atoms with E-state index in [9.17, 15) is 9.90 Å². The summed E-state index contributed by atoms with van der Waals surface area (Å²) < 4.78 is 0. The summed E-state index contributed by atoms with van der Waals surface area (Å²) in [6, 6.07) is -0.312. The lowest BCUT2D eigenvalue weighted by molar-refractivity contribution is -0.00439. The molecule has 10 heteroatoms. The molecule has 0 aliphatic carbocycles. The van der Waals surface area contributed by atoms with Crippen LogP contribution in [0.4, 0.5) is 0 Å². The lowest BCUT2D eigenvalue weighted by atomic mass is 9.87. The van der Waals surface area contributed by atoms with Crippen LogP contribution in [0.25, 0.3) is 0 Å². The number of imidazole rings is 1. The Morgan fingerprint density at radius 2 is 2.00 bits per heavy atom. The molecule has 32 heavy (non-hydrogen) atoms. The second-order valence-corrected chi connectivity index (χ2v) is 9.26. The van der Waals surface area contributed by atoms with Crippen LogP contribution >= 0.6 is 0 Å². The first kappa shape index (κ1) is 28.1. The Morgan fingerprint density at radius 3 is 2.56 bits per heavy atom. The molecule has 7 N–H and O–H groups in total. The second-order valence-electron chi connectivity index (χ2n) is 9.26. The number of unbranched alkanes of at least 4 members (excludes halogenated alkanes) is 1. The van der Waals surface area contributed by atoms with Crippen LogP contribution < -0.4 is 16.6 Å². The molecule has 10 nitrogen and oxygen atoms in total. The average Bonchev–Trinajstić information content (AvgIpc) is 3.12. The van der Waals surface area contributed by atoms with Gasteiger partial charge in [-0.05, 0) is 38.2 Å². The standard InChI is InChI=1S/C22H42N6O4/c1-8-9-10-28(23)16(4)14(2)13-32-27-19(22(5,6)7)20-25-15(3)18(26-20)21(31)24-11-17(30)12-29/h17,19,27,29-30H,8-13,23H2,1-7H3,(H,24,31)(H,25,26)/b16-14-. The highest BCUT2D eigenvalue weighted by Gasteiger charge is 2.31. The third kappa shape index (κ3) is 8.51. The van der Waals surface area contributed by atoms with E-state index in [1.807, 2.05) is 34.6 Å². The van der Waals surface area contributed by atoms with Crippen LogP contribution in [-0.4, -0.2) is 63.5 Å². The van der Waals surface area contributed by atoms with E-state index in [0.29, 0.717) is 18.1 Å². The number of rotatable bonds is 13. The van der Waals surface area contributed by atoms with Gasteiger partial charge in [-0.1, -0.05) is 34.1 Å². The van der Waals surface area contributed by atoms with Gasteiger partial charge in [-0.3, -0.25) is 9.63 Å². The summed E-state index contributed by atoms with van der Waals surface area (Å²) in [4.78, 5) is 25.9. The van der Waals surface area contributed by atoms with E-state index in [0.717, 1.165) is 30.7 Å². The molecular formula is C22H42N6O4. The second kappa shape index (κ2) is 12.9. The van der Waals surface area contributed by atoms with Crippen molar-refractivity contribution in [1.29, 1.82) is 0 Å². The van der Waals surface area contributed by atoms with Crippen molar-refractivity contribution < 1.29 is 19.8 Å². The van der Waals surface area contributed by atoms with E-state index in [2.05, 4.69) is 27.7 Å². The number of nitrogens with zero attached hydrogens (tertiary/aromatic N) is 2. The van der Waals surface area contributed by atoms with E-state index < -0.39 is 18.6 Å². The first-order chi connectivity index (χ1) is 14.9. The van der Waals surface area contributed by atoms with Gasteiger partial charge in [-0.2, -0.15) is 5.48 Å². The summed E-state index contributed by atoms with van der Waals surface area (Å²) in [6.45, 7) is 14.7. The largest absolute Gasteiger partial charge is 0.394 e. The van der Waals surface area contributed by atoms with Crippen LogP contribution in [0.1, 0.15) is 82.4 Å². The Hall–Kier alpha value is -1.98. The Morgan fingerprint density at radius 1 is 1.34 bits per heavy atom. The molecule has 1 amide bonds. The molecule has 0 aromatic carbocycles. The van der Waals surface area contributed by atoms with Gasteiger partial charge < -0.3 is 25.5 Å². The first-order valence-electron chi connectivity index (χ1n) is 11.1. The van der Waals surface area contributed by atoms with Gasteiger partial charge >= 0.3 is 0 Å². The Balaban J connectivity index is 2.87. The molecule has 0 spiro atoms. The van der Waals surface area contributed by atoms with Crippen molar-refractivity contribution in [3.63, 3.8) is 0 Å². The minimum Gasteiger partial charge on any atom is -0.394 e. The number of hydrazine groups is 1. The van der Waals surface area contributed by atoms with Crippen molar-refractivity contribution in [1.82, 2.24) is 25.8 Å². The number of amides is 1. The van der Waals surface area contributed by atoms with Gasteiger partial charge in [-0.25, -0.2) is 10.8 Å². The summed E-state index contributed by atoms with van der Waals surface area (Å²) in [6.07, 6.45) is 1.09. The molecular weight excluding hydrogens is 412 g/mol. The van der Waals surface area contributed by atoms with E-state index in [1.165, 1.54) is 0 Å². The Bertz CT molecular complexity index is 756. The maximum absolute atomic E-state index is 12.4. The monoisotopic (exact) mass is 454 g/mol. The third-order valence-electron chi connectivity index (χ3n) is 5.26. The minimum absolute atomic E-state index is 0.0532. The van der Waals surface area contributed by atoms with Gasteiger partial charge in [0.25, 0.3) is 5.91 Å². The number of aromatic amines is 1. The Kier molecular flexibility index (Phi) is 11.3. The molecule has 0 aliphatic rings. The molecule has 2 atom stereocenters. The lowest BCUT2D eigenvalue weighted by Crippen LogP contribution is -2.35. The predicted octanol–water partition coefficient (Wildman–Crippen LogP) is 1.68. The van der Waals surface area contributed by atoms with Crippen molar-refractivity contribution in [2.24, 2.45) is 11.3 Å². The smallest absolute Gasteiger partial charge is 0.271 e. The molecule has 184 valence electrons. The van der Waals surface area contributed by atoms with E-state index in [4.69, 9.17) is 15.8 Å². The van der Waals surface area contributed by atoms with Crippen LogP contribution in [0.3, 0.4) is 0 Å². The quantitative estimate of drug-likeness (QED) is 0.195. The molecule has 2 unspecified atom stereocenters. The zero-order valence-corrected chi connectivity index (χ0v) is 20.6. The number of carbonyl (C=O) groups is 1. The van der Waals surface area contributed by atoms with Gasteiger partial charge in [0.1, 0.15) is 11.5 Å². The zero-order chi connectivity index (χ0) is 24.5. The zero-order valence-electron chi connectivity index (χ0n) is 20.6. The number of nitrogens with one attached hydrogen (secondary N) is 3. The first-order valence-corrected chi connectivity index (χ1v) is 11.1. The van der Waals surface area contributed by atoms with Crippen molar-refractivity contribution in [2.75, 3.05) is 26.3 Å². The van der Waals surface area contributed by atoms with Gasteiger partial charge in [0.05, 0.1) is 25.4 Å². The van der Waals surface area contributed by atoms with Crippen LogP contribution in [0.15, 0.2) is 11.3 Å². The molecule has 1 rings (SSSR count). The van der Waals surface area contributed by atoms with Crippen LogP contribution in [-0.2, 0) is 4.84 Å². The number of hydroxylamine groups is 1. The maximum Gasteiger partial charge on any atom is 0.271 e. The van der Waals surface area contributed by atoms with Crippen LogP contribution in [0.2, 0.25) is 0 Å². The number of aliphatic hydroxyl groups excluding tert-OH is 2. The number of aryl methyl sites for hydroxylation is 1. The highest BCUT2D eigenvalue weighted by atomic mass is 16.6. The number of nitrogens with two attached hydrogens (primary N) is 1.